The Hall–Kier alpha value is -0.870. The molecule has 0 aliphatic carbocycles. The van der Waals surface area contributed by atoms with Crippen LogP contribution in [0, 0.1) is 0 Å². The number of hydrogen-bond acceptors (Lipinski definition) is 3. The van der Waals surface area contributed by atoms with Crippen LogP contribution in [-0.4, -0.2) is 33.5 Å². The highest BCUT2D eigenvalue weighted by molar-refractivity contribution is 5.67. The fourth-order valence-electron chi connectivity index (χ4n) is 0.660. The molecule has 0 aliphatic heterocycles. The van der Waals surface area contributed by atoms with Crippen LogP contribution < -0.4 is 0 Å². The lowest BCUT2D eigenvalue weighted by molar-refractivity contribution is -0.139. The summed E-state index contributed by atoms with van der Waals surface area (Å²) in [6, 6.07) is 0. The highest BCUT2D eigenvalue weighted by Crippen LogP contribution is 2.02. The first kappa shape index (κ1) is 10.1. The van der Waals surface area contributed by atoms with E-state index in [1.165, 1.54) is 6.08 Å². The molecule has 2 atom stereocenters. The van der Waals surface area contributed by atoms with Crippen molar-refractivity contribution in [2.75, 3.05) is 0 Å². The van der Waals surface area contributed by atoms with E-state index < -0.39 is 18.2 Å². The largest absolute Gasteiger partial charge is 0.481 e. The van der Waals surface area contributed by atoms with Crippen molar-refractivity contribution < 1.29 is 20.1 Å². The van der Waals surface area contributed by atoms with Crippen LogP contribution in [0.5, 0.6) is 0 Å². The SMILES string of the molecule is C=C[C@@H](O)C[C@@H](O)CC(=O)O. The lowest BCUT2D eigenvalue weighted by Gasteiger charge is -2.09. The number of aliphatic hydroxyl groups excluding tert-OH is 2. The second-order valence-electron chi connectivity index (χ2n) is 2.29. The van der Waals surface area contributed by atoms with Crippen LogP contribution in [-0.2, 0) is 4.79 Å². The predicted octanol–water partition coefficient (Wildman–Crippen LogP) is -0.241. The number of carboxylic acids is 1. The molecule has 0 amide bonds. The molecule has 0 rings (SSSR count). The van der Waals surface area contributed by atoms with Crippen molar-refractivity contribution in [1.82, 2.24) is 0 Å². The fourth-order valence-corrected chi connectivity index (χ4v) is 0.660. The van der Waals surface area contributed by atoms with Gasteiger partial charge < -0.3 is 15.3 Å². The highest BCUT2D eigenvalue weighted by atomic mass is 16.4. The molecular formula is C7H12O4. The van der Waals surface area contributed by atoms with Gasteiger partial charge in [0.15, 0.2) is 0 Å². The Kier molecular flexibility index (Phi) is 4.49. The molecule has 0 heterocycles. The van der Waals surface area contributed by atoms with Crippen LogP contribution in [0.4, 0.5) is 0 Å². The Labute approximate surface area is 64.8 Å². The minimum Gasteiger partial charge on any atom is -0.481 e. The van der Waals surface area contributed by atoms with Crippen LogP contribution in [0.3, 0.4) is 0 Å². The molecule has 0 radical (unpaired) electrons. The number of aliphatic carboxylic acids is 1. The molecule has 0 saturated carbocycles. The first-order chi connectivity index (χ1) is 5.06. The van der Waals surface area contributed by atoms with Crippen LogP contribution >= 0.6 is 0 Å². The topological polar surface area (TPSA) is 77.8 Å². The van der Waals surface area contributed by atoms with Crippen LogP contribution in [0.2, 0.25) is 0 Å². The lowest BCUT2D eigenvalue weighted by Crippen LogP contribution is -2.18. The number of aliphatic hydroxyl groups is 2. The van der Waals surface area contributed by atoms with Gasteiger partial charge in [-0.3, -0.25) is 4.79 Å². The van der Waals surface area contributed by atoms with Gasteiger partial charge in [-0.05, 0) is 0 Å². The summed E-state index contributed by atoms with van der Waals surface area (Å²) in [7, 11) is 0. The van der Waals surface area contributed by atoms with E-state index >= 15 is 0 Å². The first-order valence-electron chi connectivity index (χ1n) is 3.26. The summed E-state index contributed by atoms with van der Waals surface area (Å²) in [4.78, 5) is 10.0. The summed E-state index contributed by atoms with van der Waals surface area (Å²) in [5, 5.41) is 26.0. The number of carboxylic acid groups (broad SMARTS) is 1. The monoisotopic (exact) mass is 160 g/mol. The summed E-state index contributed by atoms with van der Waals surface area (Å²) in [6.45, 7) is 3.28. The molecule has 0 aliphatic rings. The zero-order valence-corrected chi connectivity index (χ0v) is 6.10. The quantitative estimate of drug-likeness (QED) is 0.485. The highest BCUT2D eigenvalue weighted by Gasteiger charge is 2.12. The minimum atomic E-state index is -1.08. The average molecular weight is 160 g/mol. The van der Waals surface area contributed by atoms with Crippen molar-refractivity contribution in [3.05, 3.63) is 12.7 Å². The van der Waals surface area contributed by atoms with Gasteiger partial charge in [0.2, 0.25) is 0 Å². The second kappa shape index (κ2) is 4.87. The van der Waals surface area contributed by atoms with Crippen molar-refractivity contribution in [1.29, 1.82) is 0 Å². The van der Waals surface area contributed by atoms with Gasteiger partial charge in [0.05, 0.1) is 18.6 Å². The smallest absolute Gasteiger partial charge is 0.305 e. The van der Waals surface area contributed by atoms with Crippen molar-refractivity contribution in [2.24, 2.45) is 0 Å². The van der Waals surface area contributed by atoms with Crippen molar-refractivity contribution >= 4 is 5.97 Å². The van der Waals surface area contributed by atoms with Crippen LogP contribution in [0.15, 0.2) is 12.7 Å². The molecule has 0 unspecified atom stereocenters. The third-order valence-electron chi connectivity index (χ3n) is 1.20. The molecule has 0 spiro atoms. The molecule has 64 valence electrons. The van der Waals surface area contributed by atoms with Gasteiger partial charge >= 0.3 is 5.97 Å². The standard InChI is InChI=1S/C7H12O4/c1-2-5(8)3-6(9)4-7(10)11/h2,5-6,8-9H,1,3-4H2,(H,10,11)/t5-,6-/m1/s1. The van der Waals surface area contributed by atoms with Gasteiger partial charge in [-0.25, -0.2) is 0 Å². The van der Waals surface area contributed by atoms with Gasteiger partial charge in [0.25, 0.3) is 0 Å². The maximum absolute atomic E-state index is 10.0. The van der Waals surface area contributed by atoms with Crippen molar-refractivity contribution in [3.8, 4) is 0 Å². The molecule has 3 N–H and O–H groups in total. The van der Waals surface area contributed by atoms with Crippen LogP contribution in [0.1, 0.15) is 12.8 Å². The first-order valence-corrected chi connectivity index (χ1v) is 3.26. The van der Waals surface area contributed by atoms with Gasteiger partial charge in [0.1, 0.15) is 0 Å². The zero-order chi connectivity index (χ0) is 8.85. The van der Waals surface area contributed by atoms with Crippen molar-refractivity contribution in [2.45, 2.75) is 25.0 Å². The van der Waals surface area contributed by atoms with E-state index in [0.29, 0.717) is 0 Å². The molecule has 4 heteroatoms. The molecule has 0 aromatic carbocycles. The van der Waals surface area contributed by atoms with E-state index in [-0.39, 0.29) is 12.8 Å². The molecular weight excluding hydrogens is 148 g/mol. The van der Waals surface area contributed by atoms with Gasteiger partial charge in [-0.1, -0.05) is 6.08 Å². The van der Waals surface area contributed by atoms with E-state index in [9.17, 15) is 4.79 Å². The minimum absolute atomic E-state index is 0.0236. The third-order valence-corrected chi connectivity index (χ3v) is 1.20. The Morgan fingerprint density at radius 1 is 1.55 bits per heavy atom. The Bertz CT molecular complexity index is 143. The Morgan fingerprint density at radius 2 is 2.09 bits per heavy atom. The van der Waals surface area contributed by atoms with Gasteiger partial charge in [0, 0.05) is 6.42 Å². The summed E-state index contributed by atoms with van der Waals surface area (Å²) in [5.74, 6) is -1.08. The lowest BCUT2D eigenvalue weighted by atomic mass is 10.1. The van der Waals surface area contributed by atoms with E-state index in [0.717, 1.165) is 0 Å². The van der Waals surface area contributed by atoms with E-state index in [1.54, 1.807) is 0 Å². The fraction of sp³-hybridized carbons (Fsp3) is 0.571. The molecule has 4 nitrogen and oxygen atoms in total. The summed E-state index contributed by atoms with van der Waals surface area (Å²) in [5.41, 5.74) is 0. The number of rotatable bonds is 5. The van der Waals surface area contributed by atoms with Crippen LogP contribution in [0.25, 0.3) is 0 Å². The Morgan fingerprint density at radius 3 is 2.45 bits per heavy atom. The van der Waals surface area contributed by atoms with E-state index in [1.807, 2.05) is 0 Å². The van der Waals surface area contributed by atoms with E-state index in [2.05, 4.69) is 6.58 Å². The maximum Gasteiger partial charge on any atom is 0.305 e. The summed E-state index contributed by atoms with van der Waals surface area (Å²) >= 11 is 0. The predicted molar refractivity (Wildman–Crippen MR) is 39.1 cm³/mol. The second-order valence-corrected chi connectivity index (χ2v) is 2.29. The number of hydrogen-bond donors (Lipinski definition) is 3. The van der Waals surface area contributed by atoms with Crippen molar-refractivity contribution in [3.63, 3.8) is 0 Å². The average Bonchev–Trinajstić information content (AvgIpc) is 1.85. The third kappa shape index (κ3) is 5.57. The molecule has 0 saturated heterocycles. The molecule has 0 bridgehead atoms. The number of carbonyl (C=O) groups is 1. The van der Waals surface area contributed by atoms with E-state index in [4.69, 9.17) is 15.3 Å². The molecule has 0 fully saturated rings. The Balaban J connectivity index is 3.59. The molecule has 0 aromatic rings. The summed E-state index contributed by atoms with van der Waals surface area (Å²) < 4.78 is 0. The van der Waals surface area contributed by atoms with Gasteiger partial charge in [-0.2, -0.15) is 0 Å². The maximum atomic E-state index is 10.0. The molecule has 11 heavy (non-hydrogen) atoms. The zero-order valence-electron chi connectivity index (χ0n) is 6.10. The normalized spacial score (nSPS) is 15.5. The summed E-state index contributed by atoms with van der Waals surface area (Å²) in [6.07, 6.45) is -0.893. The van der Waals surface area contributed by atoms with Gasteiger partial charge in [-0.15, -0.1) is 6.58 Å². The molecule has 0 aromatic heterocycles.